The van der Waals surface area contributed by atoms with Crippen molar-refractivity contribution < 1.29 is 14.3 Å². The van der Waals surface area contributed by atoms with Crippen LogP contribution >= 0.6 is 23.2 Å². The van der Waals surface area contributed by atoms with E-state index in [0.717, 1.165) is 18.4 Å². The summed E-state index contributed by atoms with van der Waals surface area (Å²) in [5.41, 5.74) is 0.394. The van der Waals surface area contributed by atoms with Gasteiger partial charge >= 0.3 is 0 Å². The van der Waals surface area contributed by atoms with Gasteiger partial charge in [0.15, 0.2) is 0 Å². The highest BCUT2D eigenvalue weighted by atomic mass is 35.5. The van der Waals surface area contributed by atoms with Crippen molar-refractivity contribution in [1.29, 1.82) is 0 Å². The number of pyridine rings is 1. The van der Waals surface area contributed by atoms with E-state index in [2.05, 4.69) is 10.6 Å². The second-order valence-electron chi connectivity index (χ2n) is 7.70. The first-order valence-corrected chi connectivity index (χ1v) is 10.9. The Morgan fingerprint density at radius 1 is 1.10 bits per heavy atom. The fraction of sp³-hybridized carbons (Fsp3) is 0.409. The number of amides is 2. The van der Waals surface area contributed by atoms with E-state index in [1.54, 1.807) is 31.4 Å². The Bertz CT molecular complexity index is 1000. The van der Waals surface area contributed by atoms with Crippen LogP contribution in [0, 0.1) is 5.41 Å². The topological polar surface area (TPSA) is 89.4 Å². The van der Waals surface area contributed by atoms with Gasteiger partial charge in [-0.2, -0.15) is 0 Å². The number of nitrogens with one attached hydrogen (secondary N) is 2. The van der Waals surface area contributed by atoms with Gasteiger partial charge in [-0.15, -0.1) is 11.6 Å². The van der Waals surface area contributed by atoms with Gasteiger partial charge in [0.25, 0.3) is 17.4 Å². The quantitative estimate of drug-likeness (QED) is 0.527. The van der Waals surface area contributed by atoms with Crippen LogP contribution in [0.2, 0.25) is 5.02 Å². The fourth-order valence-corrected chi connectivity index (χ4v) is 3.64. The third kappa shape index (κ3) is 5.87. The molecule has 0 aliphatic heterocycles. The Morgan fingerprint density at radius 2 is 1.81 bits per heavy atom. The largest absolute Gasteiger partial charge is 0.384 e. The van der Waals surface area contributed by atoms with Gasteiger partial charge in [0.1, 0.15) is 11.3 Å². The van der Waals surface area contributed by atoms with E-state index in [-0.39, 0.29) is 41.5 Å². The van der Waals surface area contributed by atoms with Gasteiger partial charge in [0.05, 0.1) is 6.61 Å². The Morgan fingerprint density at radius 3 is 2.42 bits per heavy atom. The summed E-state index contributed by atoms with van der Waals surface area (Å²) in [4.78, 5) is 38.2. The molecule has 1 aliphatic carbocycles. The third-order valence-corrected chi connectivity index (χ3v) is 5.78. The van der Waals surface area contributed by atoms with Crippen molar-refractivity contribution in [3.8, 4) is 0 Å². The van der Waals surface area contributed by atoms with Gasteiger partial charge in [-0.1, -0.05) is 23.7 Å². The average Bonchev–Trinajstić information content (AvgIpc) is 3.53. The van der Waals surface area contributed by atoms with E-state index < -0.39 is 11.5 Å². The van der Waals surface area contributed by atoms with Crippen molar-refractivity contribution in [2.75, 3.05) is 26.1 Å². The van der Waals surface area contributed by atoms with Crippen molar-refractivity contribution in [2.45, 2.75) is 25.9 Å². The Labute approximate surface area is 190 Å². The first-order valence-electron chi connectivity index (χ1n) is 9.99. The molecule has 3 rings (SSSR count). The van der Waals surface area contributed by atoms with Crippen LogP contribution in [0.4, 0.5) is 0 Å². The normalized spacial score (nSPS) is 14.2. The maximum absolute atomic E-state index is 12.9. The molecular weight excluding hydrogens is 441 g/mol. The molecule has 1 fully saturated rings. The maximum Gasteiger partial charge on any atom is 0.268 e. The molecule has 2 N–H and O–H groups in total. The molecular formula is C22H25Cl2N3O4. The summed E-state index contributed by atoms with van der Waals surface area (Å²) in [5.74, 6) is -0.770. The molecule has 1 aromatic heterocycles. The number of carbonyl (C=O) groups excluding carboxylic acids is 2. The number of methoxy groups -OCH3 is 1. The van der Waals surface area contributed by atoms with Crippen LogP contribution in [0.1, 0.15) is 39.3 Å². The van der Waals surface area contributed by atoms with Crippen LogP contribution in [0.25, 0.3) is 0 Å². The molecule has 0 spiro atoms. The number of nitrogens with zero attached hydrogens (tertiary/aromatic N) is 1. The van der Waals surface area contributed by atoms with Crippen LogP contribution in [-0.2, 0) is 17.8 Å². The fourth-order valence-electron chi connectivity index (χ4n) is 3.35. The van der Waals surface area contributed by atoms with E-state index in [9.17, 15) is 14.4 Å². The van der Waals surface area contributed by atoms with Crippen LogP contribution in [-0.4, -0.2) is 42.5 Å². The molecule has 31 heavy (non-hydrogen) atoms. The lowest BCUT2D eigenvalue weighted by Gasteiger charge is -2.17. The van der Waals surface area contributed by atoms with Gasteiger partial charge in [-0.05, 0) is 42.7 Å². The van der Waals surface area contributed by atoms with Crippen LogP contribution in [0.5, 0.6) is 0 Å². The highest BCUT2D eigenvalue weighted by Crippen LogP contribution is 2.45. The lowest BCUT2D eigenvalue weighted by molar-refractivity contribution is 0.0904. The maximum atomic E-state index is 12.9. The van der Waals surface area contributed by atoms with E-state index in [1.807, 2.05) is 0 Å². The zero-order valence-electron chi connectivity index (χ0n) is 17.2. The van der Waals surface area contributed by atoms with E-state index in [4.69, 9.17) is 27.9 Å². The molecule has 2 aromatic rings. The molecule has 7 nitrogen and oxygen atoms in total. The number of carbonyl (C=O) groups is 2. The molecule has 9 heteroatoms. The molecule has 0 saturated heterocycles. The first kappa shape index (κ1) is 23.3. The number of alkyl halides is 1. The lowest BCUT2D eigenvalue weighted by atomic mass is 10.1. The zero-order valence-corrected chi connectivity index (χ0v) is 18.8. The molecule has 1 aliphatic rings. The predicted molar refractivity (Wildman–Crippen MR) is 120 cm³/mol. The first-order chi connectivity index (χ1) is 14.9. The monoisotopic (exact) mass is 465 g/mol. The lowest BCUT2D eigenvalue weighted by Crippen LogP contribution is -2.39. The van der Waals surface area contributed by atoms with Gasteiger partial charge < -0.3 is 19.9 Å². The number of hydrogen-bond donors (Lipinski definition) is 2. The number of hydrogen-bond acceptors (Lipinski definition) is 4. The van der Waals surface area contributed by atoms with Gasteiger partial charge in [-0.25, -0.2) is 0 Å². The molecule has 1 saturated carbocycles. The number of aromatic nitrogens is 1. The summed E-state index contributed by atoms with van der Waals surface area (Å²) >= 11 is 11.7. The second-order valence-corrected chi connectivity index (χ2v) is 8.52. The molecule has 0 unspecified atom stereocenters. The van der Waals surface area contributed by atoms with Crippen molar-refractivity contribution in [2.24, 2.45) is 5.41 Å². The minimum absolute atomic E-state index is 0.0243. The number of halogens is 2. The van der Waals surface area contributed by atoms with Gasteiger partial charge in [0.2, 0.25) is 0 Å². The van der Waals surface area contributed by atoms with Gasteiger partial charge in [-0.3, -0.25) is 14.4 Å². The summed E-state index contributed by atoms with van der Waals surface area (Å²) in [5, 5.41) is 6.20. The van der Waals surface area contributed by atoms with Crippen LogP contribution in [0.3, 0.4) is 0 Å². The van der Waals surface area contributed by atoms with Crippen molar-refractivity contribution in [3.05, 3.63) is 68.6 Å². The summed E-state index contributed by atoms with van der Waals surface area (Å²) in [6.45, 7) is 1.41. The van der Waals surface area contributed by atoms with Crippen LogP contribution in [0.15, 0.2) is 41.2 Å². The second kappa shape index (κ2) is 10.3. The van der Waals surface area contributed by atoms with E-state index >= 15 is 0 Å². The number of rotatable bonds is 10. The smallest absolute Gasteiger partial charge is 0.268 e. The van der Waals surface area contributed by atoms with E-state index in [0.29, 0.717) is 18.2 Å². The van der Waals surface area contributed by atoms with Crippen molar-refractivity contribution in [3.63, 3.8) is 0 Å². The van der Waals surface area contributed by atoms with Crippen molar-refractivity contribution >= 4 is 35.0 Å². The summed E-state index contributed by atoms with van der Waals surface area (Å²) < 4.78 is 6.46. The minimum atomic E-state index is -0.556. The molecule has 166 valence electrons. The molecule has 1 heterocycles. The number of ether oxygens (including phenoxy) is 1. The molecule has 2 amide bonds. The minimum Gasteiger partial charge on any atom is -0.384 e. The Balaban J connectivity index is 1.73. The average molecular weight is 466 g/mol. The summed E-state index contributed by atoms with van der Waals surface area (Å²) in [6, 6.07) is 9.89. The third-order valence-electron chi connectivity index (χ3n) is 5.36. The highest BCUT2D eigenvalue weighted by Gasteiger charge is 2.42. The molecule has 0 atom stereocenters. The molecule has 0 radical (unpaired) electrons. The Kier molecular flexibility index (Phi) is 7.75. The summed E-state index contributed by atoms with van der Waals surface area (Å²) in [6.07, 6.45) is 1.98. The molecule has 0 bridgehead atoms. The zero-order chi connectivity index (χ0) is 22.4. The van der Waals surface area contributed by atoms with E-state index in [1.165, 1.54) is 16.7 Å². The number of benzene rings is 1. The Hall–Kier alpha value is -2.35. The van der Waals surface area contributed by atoms with Crippen LogP contribution < -0.4 is 16.2 Å². The highest BCUT2D eigenvalue weighted by molar-refractivity contribution is 6.30. The molecule has 1 aromatic carbocycles. The SMILES string of the molecule is COCC1(CNC(=O)c2ccc(C(=O)NCc3ccc(Cl)cc3)c(=O)n2CCCl)CC1. The van der Waals surface area contributed by atoms with Gasteiger partial charge in [0, 0.05) is 43.1 Å². The standard InChI is InChI=1S/C22H25Cl2N3O4/c1-31-14-22(8-9-22)13-26-20(29)18-7-6-17(21(30)27(18)11-10-23)19(28)25-12-15-2-4-16(24)5-3-15/h2-7H,8-14H2,1H3,(H,25,28)(H,26,29). The van der Waals surface area contributed by atoms with Crippen molar-refractivity contribution in [1.82, 2.24) is 15.2 Å². The summed E-state index contributed by atoms with van der Waals surface area (Å²) in [7, 11) is 1.64. The predicted octanol–water partition coefficient (Wildman–Crippen LogP) is 2.83.